The van der Waals surface area contributed by atoms with Gasteiger partial charge in [0, 0.05) is 42.2 Å². The van der Waals surface area contributed by atoms with Crippen molar-refractivity contribution in [2.75, 3.05) is 13.2 Å². The van der Waals surface area contributed by atoms with Crippen molar-refractivity contribution in [3.8, 4) is 40.1 Å². The second-order valence-electron chi connectivity index (χ2n) is 13.7. The van der Waals surface area contributed by atoms with Crippen molar-refractivity contribution in [1.29, 1.82) is 0 Å². The van der Waals surface area contributed by atoms with E-state index in [0.717, 1.165) is 18.2 Å². The molecule has 0 aliphatic heterocycles. The molecule has 10 N–H and O–H groups in total. The van der Waals surface area contributed by atoms with Gasteiger partial charge in [0.1, 0.15) is 64.5 Å². The molecular formula is C40H48O16. The standard InChI is InChI=1S/C40H48O16/c1-19(17-41)32(47)36(51)33(48)21(3)54-38(20(2)18-53-30(46)14-7-23-5-10-25(42)11-6-23)37(52)34(49)22(4)55-40-35(50)31-28(45)15-27(44)16-29(31)56-39(40)24-8-12-26(43)13-9-24/h5-16,19-22,32-34,36-38,41-45,47-49,51-52H,17-18H2,1-4H3/b14-7+/t19-,20-,21-,22-,32-,33?,34?,36?,37?,38-/m1/s1. The summed E-state index contributed by atoms with van der Waals surface area (Å²) in [5.74, 6) is -4.38. The van der Waals surface area contributed by atoms with Crippen LogP contribution in [0.5, 0.6) is 28.7 Å². The van der Waals surface area contributed by atoms with E-state index in [-0.39, 0.29) is 33.8 Å². The predicted molar refractivity (Wildman–Crippen MR) is 201 cm³/mol. The van der Waals surface area contributed by atoms with Gasteiger partial charge in [-0.2, -0.15) is 0 Å². The van der Waals surface area contributed by atoms with Gasteiger partial charge >= 0.3 is 5.97 Å². The molecule has 3 aromatic carbocycles. The maximum Gasteiger partial charge on any atom is 0.330 e. The van der Waals surface area contributed by atoms with E-state index in [1.165, 1.54) is 70.2 Å². The molecule has 1 aromatic heterocycles. The summed E-state index contributed by atoms with van der Waals surface area (Å²) in [6, 6.07) is 13.4. The van der Waals surface area contributed by atoms with Crippen molar-refractivity contribution < 1.29 is 74.5 Å². The number of benzene rings is 3. The van der Waals surface area contributed by atoms with Gasteiger partial charge in [-0.1, -0.05) is 26.0 Å². The van der Waals surface area contributed by atoms with Crippen LogP contribution in [0.15, 0.2) is 76.0 Å². The van der Waals surface area contributed by atoms with Crippen molar-refractivity contribution in [2.45, 2.75) is 76.5 Å². The van der Waals surface area contributed by atoms with E-state index in [1.54, 1.807) is 12.1 Å². The van der Waals surface area contributed by atoms with Crippen LogP contribution < -0.4 is 10.2 Å². The molecule has 4 rings (SSSR count). The average Bonchev–Trinajstić information content (AvgIpc) is 3.17. The van der Waals surface area contributed by atoms with Crippen LogP contribution in [0.4, 0.5) is 0 Å². The highest BCUT2D eigenvalue weighted by Gasteiger charge is 2.40. The first-order valence-corrected chi connectivity index (χ1v) is 17.7. The summed E-state index contributed by atoms with van der Waals surface area (Å²) in [4.78, 5) is 26.4. The number of aromatic hydroxyl groups is 4. The Bertz CT molecular complexity index is 1990. The SMILES string of the molecule is C[C@H](CO)[C@@H](O)C(O)C(O)[C@@H](C)O[C@@H](C(O)C(O)[C@@H](C)Oc1c(-c2ccc(O)cc2)oc2cc(O)cc(O)c2c1=O)[C@H](C)COC(=O)/C=C/c1ccc(O)cc1. The smallest absolute Gasteiger partial charge is 0.330 e. The van der Waals surface area contributed by atoms with Crippen LogP contribution in [0.2, 0.25) is 0 Å². The lowest BCUT2D eigenvalue weighted by atomic mass is 9.92. The Morgan fingerprint density at radius 3 is 1.93 bits per heavy atom. The van der Waals surface area contributed by atoms with Crippen LogP contribution in [0.25, 0.3) is 28.4 Å². The van der Waals surface area contributed by atoms with Crippen molar-refractivity contribution in [3.63, 3.8) is 0 Å². The van der Waals surface area contributed by atoms with Crippen molar-refractivity contribution in [1.82, 2.24) is 0 Å². The monoisotopic (exact) mass is 784 g/mol. The minimum Gasteiger partial charge on any atom is -0.508 e. The van der Waals surface area contributed by atoms with E-state index in [2.05, 4.69) is 0 Å². The second-order valence-corrected chi connectivity index (χ2v) is 13.7. The lowest BCUT2D eigenvalue weighted by molar-refractivity contribution is -0.191. The largest absolute Gasteiger partial charge is 0.508 e. The van der Waals surface area contributed by atoms with Gasteiger partial charge in [0.25, 0.3) is 0 Å². The zero-order chi connectivity index (χ0) is 41.4. The highest BCUT2D eigenvalue weighted by molar-refractivity contribution is 5.88. The van der Waals surface area contributed by atoms with Crippen LogP contribution in [0, 0.1) is 11.8 Å². The number of ether oxygens (including phenoxy) is 3. The molecule has 0 aliphatic carbocycles. The summed E-state index contributed by atoms with van der Waals surface area (Å²) >= 11 is 0. The molecule has 304 valence electrons. The Morgan fingerprint density at radius 1 is 0.732 bits per heavy atom. The van der Waals surface area contributed by atoms with Crippen molar-refractivity contribution in [3.05, 3.63) is 82.5 Å². The normalized spacial score (nSPS) is 17.3. The summed E-state index contributed by atoms with van der Waals surface area (Å²) in [5.41, 5.74) is -0.311. The maximum atomic E-state index is 13.8. The van der Waals surface area contributed by atoms with Crippen molar-refractivity contribution >= 4 is 23.0 Å². The first kappa shape index (κ1) is 43.5. The number of hydrogen-bond acceptors (Lipinski definition) is 16. The minimum absolute atomic E-state index is 0.0355. The first-order valence-electron chi connectivity index (χ1n) is 17.7. The molecule has 0 bridgehead atoms. The minimum atomic E-state index is -1.91. The number of fused-ring (bicyclic) bond motifs is 1. The zero-order valence-corrected chi connectivity index (χ0v) is 31.0. The van der Waals surface area contributed by atoms with Crippen molar-refractivity contribution in [2.24, 2.45) is 11.8 Å². The summed E-state index contributed by atoms with van der Waals surface area (Å²) in [6.45, 7) is 4.67. The first-order chi connectivity index (χ1) is 26.4. The highest BCUT2D eigenvalue weighted by Crippen LogP contribution is 2.37. The van der Waals surface area contributed by atoms with Gasteiger partial charge in [-0.25, -0.2) is 4.79 Å². The summed E-state index contributed by atoms with van der Waals surface area (Å²) < 4.78 is 23.2. The zero-order valence-electron chi connectivity index (χ0n) is 31.0. The summed E-state index contributed by atoms with van der Waals surface area (Å²) in [7, 11) is 0. The predicted octanol–water partition coefficient (Wildman–Crippen LogP) is 2.15. The third-order valence-corrected chi connectivity index (χ3v) is 9.30. The van der Waals surface area contributed by atoms with E-state index < -0.39 is 103 Å². The van der Waals surface area contributed by atoms with Gasteiger partial charge in [0.05, 0.1) is 24.9 Å². The molecule has 10 atom stereocenters. The number of rotatable bonds is 18. The number of carbonyl (C=O) groups is 1. The molecule has 16 heteroatoms. The van der Waals surface area contributed by atoms with Gasteiger partial charge < -0.3 is 69.7 Å². The molecule has 0 radical (unpaired) electrons. The fraction of sp³-hybridized carbons (Fsp3) is 0.400. The van der Waals surface area contributed by atoms with Crippen LogP contribution in [0.1, 0.15) is 33.3 Å². The lowest BCUT2D eigenvalue weighted by Gasteiger charge is -2.37. The van der Waals surface area contributed by atoms with Gasteiger partial charge in [-0.15, -0.1) is 0 Å². The Labute approximate surface area is 321 Å². The molecule has 0 saturated carbocycles. The van der Waals surface area contributed by atoms with Crippen LogP contribution >= 0.6 is 0 Å². The number of phenols is 4. The second kappa shape index (κ2) is 19.1. The molecule has 16 nitrogen and oxygen atoms in total. The molecule has 0 saturated heterocycles. The lowest BCUT2D eigenvalue weighted by Crippen LogP contribution is -2.53. The Hall–Kier alpha value is -5.20. The van der Waals surface area contributed by atoms with E-state index in [0.29, 0.717) is 5.56 Å². The van der Waals surface area contributed by atoms with E-state index in [4.69, 9.17) is 18.6 Å². The molecular weight excluding hydrogens is 736 g/mol. The fourth-order valence-electron chi connectivity index (χ4n) is 5.82. The van der Waals surface area contributed by atoms with Crippen LogP contribution in [-0.4, -0.2) is 119 Å². The van der Waals surface area contributed by atoms with Gasteiger partial charge in [-0.3, -0.25) is 4.79 Å². The van der Waals surface area contributed by atoms with E-state index in [9.17, 15) is 60.7 Å². The highest BCUT2D eigenvalue weighted by atomic mass is 16.6. The van der Waals surface area contributed by atoms with Gasteiger partial charge in [-0.05, 0) is 61.9 Å². The molecule has 4 unspecified atom stereocenters. The molecule has 0 aliphatic rings. The number of hydrogen-bond donors (Lipinski definition) is 10. The quantitative estimate of drug-likeness (QED) is 0.0511. The maximum absolute atomic E-state index is 13.8. The van der Waals surface area contributed by atoms with Crippen LogP contribution in [-0.2, 0) is 14.3 Å². The number of carbonyl (C=O) groups excluding carboxylic acids is 1. The third kappa shape index (κ3) is 10.6. The molecule has 4 aromatic rings. The Balaban J connectivity index is 1.63. The Kier molecular flexibility index (Phi) is 14.8. The van der Waals surface area contributed by atoms with Gasteiger partial charge in [0.2, 0.25) is 11.2 Å². The third-order valence-electron chi connectivity index (χ3n) is 9.30. The average molecular weight is 785 g/mol. The molecule has 56 heavy (non-hydrogen) atoms. The number of phenolic OH excluding ortho intramolecular Hbond substituents is 4. The van der Waals surface area contributed by atoms with E-state index in [1.807, 2.05) is 0 Å². The molecule has 0 fully saturated rings. The topological polar surface area (TPSA) is 277 Å². The van der Waals surface area contributed by atoms with Gasteiger partial charge in [0.15, 0.2) is 5.76 Å². The Morgan fingerprint density at radius 2 is 1.32 bits per heavy atom. The number of aliphatic hydroxyl groups excluding tert-OH is 6. The van der Waals surface area contributed by atoms with E-state index >= 15 is 0 Å². The molecule has 0 spiro atoms. The molecule has 1 heterocycles. The number of esters is 1. The summed E-state index contributed by atoms with van der Waals surface area (Å²) in [5, 5.41) is 104. The summed E-state index contributed by atoms with van der Waals surface area (Å²) in [6.07, 6.45) is -10.7. The fourth-order valence-corrected chi connectivity index (χ4v) is 5.82. The molecule has 0 amide bonds. The van der Waals surface area contributed by atoms with Crippen LogP contribution in [0.3, 0.4) is 0 Å². The number of aliphatic hydroxyl groups is 6.